The Bertz CT molecular complexity index is 685. The molecule has 0 aromatic heterocycles. The normalized spacial score (nSPS) is 15.4. The summed E-state index contributed by atoms with van der Waals surface area (Å²) < 4.78 is 5.59. The predicted molar refractivity (Wildman–Crippen MR) is 72.2 cm³/mol. The van der Waals surface area contributed by atoms with E-state index in [-0.39, 0.29) is 17.3 Å². The zero-order valence-electron chi connectivity index (χ0n) is 10.4. The van der Waals surface area contributed by atoms with Crippen LogP contribution in [0.2, 0.25) is 0 Å². The number of fused-ring (bicyclic) bond motifs is 1. The van der Waals surface area contributed by atoms with Crippen LogP contribution in [-0.2, 0) is 0 Å². The molecule has 1 aliphatic heterocycles. The molecule has 0 aliphatic carbocycles. The second-order valence-corrected chi connectivity index (χ2v) is 4.44. The average molecular weight is 252 g/mol. The monoisotopic (exact) mass is 252 g/mol. The van der Waals surface area contributed by atoms with E-state index in [1.54, 1.807) is 19.1 Å². The van der Waals surface area contributed by atoms with Gasteiger partial charge in [-0.1, -0.05) is 30.3 Å². The van der Waals surface area contributed by atoms with Crippen molar-refractivity contribution in [1.29, 1.82) is 0 Å². The topological polar surface area (TPSA) is 46.5 Å². The zero-order chi connectivity index (χ0) is 13.4. The van der Waals surface area contributed by atoms with Crippen molar-refractivity contribution >= 4 is 11.9 Å². The SMILES string of the molecule is Cc1c(O)ccc2c1OC(=Cc1ccccc1)C2=O. The fraction of sp³-hybridized carbons (Fsp3) is 0.0625. The molecule has 3 rings (SSSR count). The van der Waals surface area contributed by atoms with Crippen LogP contribution < -0.4 is 4.74 Å². The molecule has 0 spiro atoms. The second-order valence-electron chi connectivity index (χ2n) is 4.44. The number of aromatic hydroxyl groups is 1. The number of hydrogen-bond donors (Lipinski definition) is 1. The van der Waals surface area contributed by atoms with Gasteiger partial charge in [-0.3, -0.25) is 4.79 Å². The van der Waals surface area contributed by atoms with Crippen molar-refractivity contribution in [2.45, 2.75) is 6.92 Å². The van der Waals surface area contributed by atoms with Gasteiger partial charge >= 0.3 is 0 Å². The van der Waals surface area contributed by atoms with Gasteiger partial charge < -0.3 is 9.84 Å². The number of rotatable bonds is 1. The maximum Gasteiger partial charge on any atom is 0.231 e. The van der Waals surface area contributed by atoms with Gasteiger partial charge in [-0.05, 0) is 30.7 Å². The molecule has 2 aromatic carbocycles. The predicted octanol–water partition coefficient (Wildman–Crippen LogP) is 3.32. The van der Waals surface area contributed by atoms with Crippen LogP contribution in [0.1, 0.15) is 21.5 Å². The number of ether oxygens (including phenoxy) is 1. The Kier molecular flexibility index (Phi) is 2.60. The van der Waals surface area contributed by atoms with E-state index < -0.39 is 0 Å². The molecule has 0 fully saturated rings. The number of carbonyl (C=O) groups is 1. The van der Waals surface area contributed by atoms with Crippen LogP contribution in [0.3, 0.4) is 0 Å². The molecule has 3 heteroatoms. The third-order valence-electron chi connectivity index (χ3n) is 3.16. The van der Waals surface area contributed by atoms with E-state index in [9.17, 15) is 9.90 Å². The lowest BCUT2D eigenvalue weighted by Crippen LogP contribution is -1.97. The molecule has 0 bridgehead atoms. The van der Waals surface area contributed by atoms with Gasteiger partial charge in [0.1, 0.15) is 11.5 Å². The highest BCUT2D eigenvalue weighted by Crippen LogP contribution is 2.38. The lowest BCUT2D eigenvalue weighted by atomic mass is 10.1. The number of allylic oxidation sites excluding steroid dienone is 1. The van der Waals surface area contributed by atoms with Gasteiger partial charge in [0.25, 0.3) is 0 Å². The van der Waals surface area contributed by atoms with E-state index in [0.717, 1.165) is 5.56 Å². The highest BCUT2D eigenvalue weighted by molar-refractivity contribution is 6.14. The van der Waals surface area contributed by atoms with Crippen LogP contribution in [0.4, 0.5) is 0 Å². The number of benzene rings is 2. The lowest BCUT2D eigenvalue weighted by molar-refractivity contribution is 0.101. The van der Waals surface area contributed by atoms with Crippen LogP contribution in [0.15, 0.2) is 48.2 Å². The number of hydrogen-bond acceptors (Lipinski definition) is 3. The first-order valence-electron chi connectivity index (χ1n) is 5.98. The minimum Gasteiger partial charge on any atom is -0.508 e. The number of phenols is 1. The molecule has 0 radical (unpaired) electrons. The Balaban J connectivity index is 2.05. The fourth-order valence-corrected chi connectivity index (χ4v) is 2.08. The summed E-state index contributed by atoms with van der Waals surface area (Å²) in [5.74, 6) is 0.719. The Hall–Kier alpha value is -2.55. The number of Topliss-reactive ketones (excluding diaryl/α,β-unsaturated/α-hetero) is 1. The second kappa shape index (κ2) is 4.28. The quantitative estimate of drug-likeness (QED) is 0.792. The average Bonchev–Trinajstić information content (AvgIpc) is 2.73. The van der Waals surface area contributed by atoms with Crippen LogP contribution in [0.5, 0.6) is 11.5 Å². The van der Waals surface area contributed by atoms with Gasteiger partial charge in [0, 0.05) is 5.56 Å². The molecule has 0 saturated heterocycles. The van der Waals surface area contributed by atoms with E-state index >= 15 is 0 Å². The van der Waals surface area contributed by atoms with Crippen molar-refractivity contribution in [3.8, 4) is 11.5 Å². The van der Waals surface area contributed by atoms with Crippen molar-refractivity contribution in [1.82, 2.24) is 0 Å². The molecule has 0 atom stereocenters. The van der Waals surface area contributed by atoms with Crippen LogP contribution in [0.25, 0.3) is 6.08 Å². The van der Waals surface area contributed by atoms with Crippen molar-refractivity contribution in [2.24, 2.45) is 0 Å². The lowest BCUT2D eigenvalue weighted by Gasteiger charge is -2.03. The summed E-state index contributed by atoms with van der Waals surface area (Å²) in [5.41, 5.74) is 1.99. The van der Waals surface area contributed by atoms with E-state index in [1.165, 1.54) is 6.07 Å². The third-order valence-corrected chi connectivity index (χ3v) is 3.16. The van der Waals surface area contributed by atoms with Gasteiger partial charge in [0.15, 0.2) is 5.76 Å². The summed E-state index contributed by atoms with van der Waals surface area (Å²) in [6.45, 7) is 1.73. The number of phenolic OH excluding ortho intramolecular Hbond substituents is 1. The maximum absolute atomic E-state index is 12.2. The molecule has 3 nitrogen and oxygen atoms in total. The van der Waals surface area contributed by atoms with Crippen molar-refractivity contribution in [2.75, 3.05) is 0 Å². The van der Waals surface area contributed by atoms with E-state index in [0.29, 0.717) is 16.9 Å². The van der Waals surface area contributed by atoms with Gasteiger partial charge in [0.2, 0.25) is 5.78 Å². The van der Waals surface area contributed by atoms with Crippen LogP contribution >= 0.6 is 0 Å². The third kappa shape index (κ3) is 1.89. The van der Waals surface area contributed by atoms with Crippen molar-refractivity contribution < 1.29 is 14.6 Å². The summed E-state index contributed by atoms with van der Waals surface area (Å²) >= 11 is 0. The van der Waals surface area contributed by atoms with Crippen molar-refractivity contribution in [3.63, 3.8) is 0 Å². The molecule has 94 valence electrons. The smallest absolute Gasteiger partial charge is 0.231 e. The van der Waals surface area contributed by atoms with Gasteiger partial charge in [0.05, 0.1) is 5.56 Å². The molecule has 1 heterocycles. The summed E-state index contributed by atoms with van der Waals surface area (Å²) in [6.07, 6.45) is 1.71. The summed E-state index contributed by atoms with van der Waals surface area (Å²) in [5, 5.41) is 9.63. The Labute approximate surface area is 110 Å². The molecule has 19 heavy (non-hydrogen) atoms. The van der Waals surface area contributed by atoms with E-state index in [4.69, 9.17) is 4.74 Å². The Morgan fingerprint density at radius 3 is 2.58 bits per heavy atom. The Morgan fingerprint density at radius 2 is 1.84 bits per heavy atom. The molecular formula is C16H12O3. The van der Waals surface area contributed by atoms with Gasteiger partial charge in [-0.2, -0.15) is 0 Å². The summed E-state index contributed by atoms with van der Waals surface area (Å²) in [7, 11) is 0. The van der Waals surface area contributed by atoms with E-state index in [2.05, 4.69) is 0 Å². The first-order chi connectivity index (χ1) is 9.16. The molecular weight excluding hydrogens is 240 g/mol. The molecule has 2 aromatic rings. The highest BCUT2D eigenvalue weighted by Gasteiger charge is 2.29. The zero-order valence-corrected chi connectivity index (χ0v) is 10.4. The molecule has 0 amide bonds. The molecule has 1 N–H and O–H groups in total. The van der Waals surface area contributed by atoms with Crippen LogP contribution in [0, 0.1) is 6.92 Å². The molecule has 1 aliphatic rings. The van der Waals surface area contributed by atoms with E-state index in [1.807, 2.05) is 30.3 Å². The summed E-state index contributed by atoms with van der Waals surface area (Å²) in [4.78, 5) is 12.2. The van der Waals surface area contributed by atoms with Gasteiger partial charge in [-0.25, -0.2) is 0 Å². The fourth-order valence-electron chi connectivity index (χ4n) is 2.08. The van der Waals surface area contributed by atoms with Crippen molar-refractivity contribution in [3.05, 3.63) is 64.9 Å². The first-order valence-corrected chi connectivity index (χ1v) is 5.98. The largest absolute Gasteiger partial charge is 0.508 e. The van der Waals surface area contributed by atoms with Gasteiger partial charge in [-0.15, -0.1) is 0 Å². The first kappa shape index (κ1) is 11.5. The highest BCUT2D eigenvalue weighted by atomic mass is 16.5. The minimum atomic E-state index is -0.151. The Morgan fingerprint density at radius 1 is 1.11 bits per heavy atom. The minimum absolute atomic E-state index is 0.132. The standard InChI is InChI=1S/C16H12O3/c1-10-13(17)8-7-12-15(18)14(19-16(10)12)9-11-5-3-2-4-6-11/h2-9,17H,1H3. The molecule has 0 saturated carbocycles. The number of carbonyl (C=O) groups excluding carboxylic acids is 1. The maximum atomic E-state index is 12.2. The summed E-state index contributed by atoms with van der Waals surface area (Å²) in [6, 6.07) is 12.6. The van der Waals surface area contributed by atoms with Crippen LogP contribution in [-0.4, -0.2) is 10.9 Å². The number of ketones is 1. The molecule has 0 unspecified atom stereocenters.